The molecule has 0 heterocycles. The molecule has 1 aromatic rings. The lowest BCUT2D eigenvalue weighted by Gasteiger charge is -2.19. The molecule has 0 radical (unpaired) electrons. The van der Waals surface area contributed by atoms with Gasteiger partial charge >= 0.3 is 0 Å². The number of aliphatic hydroxyl groups is 1. The maximum atomic E-state index is 10.1. The van der Waals surface area contributed by atoms with Crippen molar-refractivity contribution < 1.29 is 5.11 Å². The first-order valence-corrected chi connectivity index (χ1v) is 9.27. The van der Waals surface area contributed by atoms with E-state index in [1.807, 2.05) is 0 Å². The third-order valence-corrected chi connectivity index (χ3v) is 5.21. The van der Waals surface area contributed by atoms with Crippen molar-refractivity contribution in [1.29, 1.82) is 0 Å². The van der Waals surface area contributed by atoms with Crippen LogP contribution in [0.15, 0.2) is 24.3 Å². The Labute approximate surface area is 93.2 Å². The van der Waals surface area contributed by atoms with Crippen LogP contribution in [0, 0.1) is 5.92 Å². The van der Waals surface area contributed by atoms with Gasteiger partial charge in [0.25, 0.3) is 0 Å². The van der Waals surface area contributed by atoms with Crippen LogP contribution in [-0.2, 0) is 0 Å². The fourth-order valence-corrected chi connectivity index (χ4v) is 3.07. The summed E-state index contributed by atoms with van der Waals surface area (Å²) in [5.74, 6) is 0.530. The Bertz CT molecular complexity index is 350. The van der Waals surface area contributed by atoms with E-state index in [9.17, 15) is 5.11 Å². The van der Waals surface area contributed by atoms with Gasteiger partial charge in [0.1, 0.15) is 0 Å². The minimum absolute atomic E-state index is 0.221. The molecular weight excluding hydrogens is 200 g/mol. The second-order valence-electron chi connectivity index (χ2n) is 5.66. The van der Waals surface area contributed by atoms with Crippen molar-refractivity contribution in [3.05, 3.63) is 29.8 Å². The molecule has 2 rings (SSSR count). The van der Waals surface area contributed by atoms with E-state index in [4.69, 9.17) is 0 Å². The molecule has 0 spiro atoms. The Balaban J connectivity index is 2.25. The molecule has 0 saturated heterocycles. The molecule has 1 aliphatic carbocycles. The van der Waals surface area contributed by atoms with Crippen LogP contribution < -0.4 is 5.19 Å². The lowest BCUT2D eigenvalue weighted by molar-refractivity contribution is 0.154. The summed E-state index contributed by atoms with van der Waals surface area (Å²) in [6.45, 7) is 7.03. The van der Waals surface area contributed by atoms with E-state index in [0.717, 1.165) is 5.56 Å². The summed E-state index contributed by atoms with van der Waals surface area (Å²) >= 11 is 0. The molecule has 82 valence electrons. The van der Waals surface area contributed by atoms with Gasteiger partial charge in [-0.05, 0) is 24.3 Å². The number of aliphatic hydroxyl groups excluding tert-OH is 1. The van der Waals surface area contributed by atoms with Crippen molar-refractivity contribution in [2.45, 2.75) is 38.6 Å². The van der Waals surface area contributed by atoms with Crippen molar-refractivity contribution in [2.24, 2.45) is 5.92 Å². The molecule has 2 heteroatoms. The Kier molecular flexibility index (Phi) is 2.73. The smallest absolute Gasteiger partial charge is 0.0818 e. The fraction of sp³-hybridized carbons (Fsp3) is 0.538. The predicted molar refractivity (Wildman–Crippen MR) is 67.1 cm³/mol. The minimum atomic E-state index is -1.24. The van der Waals surface area contributed by atoms with E-state index < -0.39 is 8.07 Å². The van der Waals surface area contributed by atoms with Crippen LogP contribution >= 0.6 is 0 Å². The number of hydrogen-bond donors (Lipinski definition) is 1. The van der Waals surface area contributed by atoms with Gasteiger partial charge < -0.3 is 5.11 Å². The molecule has 1 aromatic carbocycles. The summed E-state index contributed by atoms with van der Waals surface area (Å²) in [6.07, 6.45) is 2.16. The first-order chi connectivity index (χ1) is 6.98. The molecule has 0 aromatic heterocycles. The van der Waals surface area contributed by atoms with E-state index in [0.29, 0.717) is 5.92 Å². The van der Waals surface area contributed by atoms with Gasteiger partial charge in [0, 0.05) is 0 Å². The maximum absolute atomic E-state index is 10.1. The van der Waals surface area contributed by atoms with Crippen LogP contribution in [0.2, 0.25) is 19.6 Å². The van der Waals surface area contributed by atoms with Crippen LogP contribution in [0.1, 0.15) is 24.5 Å². The Morgan fingerprint density at radius 3 is 2.47 bits per heavy atom. The lowest BCUT2D eigenvalue weighted by atomic mass is 10.1. The van der Waals surface area contributed by atoms with Crippen molar-refractivity contribution in [3.63, 3.8) is 0 Å². The summed E-state index contributed by atoms with van der Waals surface area (Å²) in [5, 5.41) is 11.5. The molecule has 0 amide bonds. The molecular formula is C13H20OSi. The van der Waals surface area contributed by atoms with Gasteiger partial charge in [-0.25, -0.2) is 0 Å². The Morgan fingerprint density at radius 1 is 1.27 bits per heavy atom. The van der Waals surface area contributed by atoms with Crippen molar-refractivity contribution >= 4 is 13.3 Å². The molecule has 1 unspecified atom stereocenters. The van der Waals surface area contributed by atoms with Crippen LogP contribution in [0.25, 0.3) is 0 Å². The summed E-state index contributed by atoms with van der Waals surface area (Å²) in [7, 11) is -1.24. The summed E-state index contributed by atoms with van der Waals surface area (Å²) < 4.78 is 0. The van der Waals surface area contributed by atoms with Gasteiger partial charge in [0.05, 0.1) is 14.2 Å². The Hall–Kier alpha value is -0.603. The first-order valence-electron chi connectivity index (χ1n) is 5.77. The zero-order valence-corrected chi connectivity index (χ0v) is 10.8. The average Bonchev–Trinajstić information content (AvgIpc) is 2.99. The lowest BCUT2D eigenvalue weighted by Crippen LogP contribution is -2.37. The van der Waals surface area contributed by atoms with E-state index in [2.05, 4.69) is 43.9 Å². The highest BCUT2D eigenvalue weighted by Crippen LogP contribution is 2.40. The van der Waals surface area contributed by atoms with Crippen molar-refractivity contribution in [3.8, 4) is 0 Å². The number of rotatable bonds is 3. The SMILES string of the molecule is C[Si](C)(C)c1cccc(C(O)C2CC2)c1. The first kappa shape index (κ1) is 10.9. The highest BCUT2D eigenvalue weighted by molar-refractivity contribution is 6.88. The minimum Gasteiger partial charge on any atom is -0.388 e. The van der Waals surface area contributed by atoms with E-state index in [1.54, 1.807) is 0 Å². The summed E-state index contributed by atoms with van der Waals surface area (Å²) in [5.41, 5.74) is 1.12. The molecule has 0 bridgehead atoms. The summed E-state index contributed by atoms with van der Waals surface area (Å²) in [6, 6.07) is 8.58. The fourth-order valence-electron chi connectivity index (χ4n) is 1.87. The maximum Gasteiger partial charge on any atom is 0.0818 e. The number of benzene rings is 1. The Morgan fingerprint density at radius 2 is 1.93 bits per heavy atom. The molecule has 1 aliphatic rings. The zero-order chi connectivity index (χ0) is 11.1. The molecule has 0 aliphatic heterocycles. The van der Waals surface area contributed by atoms with Gasteiger partial charge in [-0.3, -0.25) is 0 Å². The van der Waals surface area contributed by atoms with Gasteiger partial charge in [0.15, 0.2) is 0 Å². The van der Waals surface area contributed by atoms with Gasteiger partial charge in [-0.15, -0.1) is 0 Å². The van der Waals surface area contributed by atoms with Gasteiger partial charge in [-0.2, -0.15) is 0 Å². The molecule has 1 nitrogen and oxygen atoms in total. The molecule has 1 saturated carbocycles. The standard InChI is InChI=1S/C13H20OSi/c1-15(2,3)12-6-4-5-11(9-12)13(14)10-7-8-10/h4-6,9-10,13-14H,7-8H2,1-3H3. The molecule has 1 N–H and O–H groups in total. The molecule has 1 fully saturated rings. The van der Waals surface area contributed by atoms with E-state index >= 15 is 0 Å². The predicted octanol–water partition coefficient (Wildman–Crippen LogP) is 2.68. The average molecular weight is 220 g/mol. The van der Waals surface area contributed by atoms with E-state index in [1.165, 1.54) is 18.0 Å². The van der Waals surface area contributed by atoms with E-state index in [-0.39, 0.29) is 6.10 Å². The molecule has 1 atom stereocenters. The van der Waals surface area contributed by atoms with Crippen molar-refractivity contribution in [1.82, 2.24) is 0 Å². The van der Waals surface area contributed by atoms with Crippen LogP contribution in [0.4, 0.5) is 0 Å². The molecule has 15 heavy (non-hydrogen) atoms. The monoisotopic (exact) mass is 220 g/mol. The highest BCUT2D eigenvalue weighted by Gasteiger charge is 2.31. The highest BCUT2D eigenvalue weighted by atomic mass is 28.3. The van der Waals surface area contributed by atoms with Gasteiger partial charge in [0.2, 0.25) is 0 Å². The third kappa shape index (κ3) is 2.50. The summed E-state index contributed by atoms with van der Waals surface area (Å²) in [4.78, 5) is 0. The number of hydrogen-bond acceptors (Lipinski definition) is 1. The van der Waals surface area contributed by atoms with Crippen LogP contribution in [-0.4, -0.2) is 13.2 Å². The normalized spacial score (nSPS) is 18.9. The topological polar surface area (TPSA) is 20.2 Å². The van der Waals surface area contributed by atoms with Crippen LogP contribution in [0.3, 0.4) is 0 Å². The largest absolute Gasteiger partial charge is 0.388 e. The quantitative estimate of drug-likeness (QED) is 0.777. The zero-order valence-electron chi connectivity index (χ0n) is 9.83. The van der Waals surface area contributed by atoms with Crippen molar-refractivity contribution in [2.75, 3.05) is 0 Å². The third-order valence-electron chi connectivity index (χ3n) is 3.16. The second kappa shape index (κ2) is 3.76. The van der Waals surface area contributed by atoms with Gasteiger partial charge in [-0.1, -0.05) is 49.1 Å². The second-order valence-corrected chi connectivity index (χ2v) is 10.7. The van der Waals surface area contributed by atoms with Crippen LogP contribution in [0.5, 0.6) is 0 Å².